The topological polar surface area (TPSA) is 164 Å². The van der Waals surface area contributed by atoms with Crippen LogP contribution >= 0.6 is 0 Å². The Morgan fingerprint density at radius 2 is 1.53 bits per heavy atom. The molecule has 0 radical (unpaired) electrons. The van der Waals surface area contributed by atoms with Crippen molar-refractivity contribution in [3.8, 4) is 0 Å². The molecule has 0 bridgehead atoms. The molecule has 3 aliphatic rings. The molecule has 0 spiro atoms. The minimum atomic E-state index is -2.43. The van der Waals surface area contributed by atoms with E-state index in [1.165, 1.54) is 6.92 Å². The first-order valence-corrected chi connectivity index (χ1v) is 10.3. The number of carbonyl (C=O) groups excluding carboxylic acids is 6. The lowest BCUT2D eigenvalue weighted by Gasteiger charge is -2.59. The predicted octanol–water partition coefficient (Wildman–Crippen LogP) is -1.84. The summed E-state index contributed by atoms with van der Waals surface area (Å²) in [6, 6.07) is -2.76. The lowest BCUT2D eigenvalue weighted by Crippen LogP contribution is -2.82. The summed E-state index contributed by atoms with van der Waals surface area (Å²) in [6.07, 6.45) is -2.45. The fourth-order valence-corrected chi connectivity index (χ4v) is 5.08. The molecular weight excluding hydrogens is 460 g/mol. The van der Waals surface area contributed by atoms with E-state index in [2.05, 4.69) is 0 Å². The first-order chi connectivity index (χ1) is 16.0. The Hall–Kier alpha value is -3.26. The maximum absolute atomic E-state index is 13.3. The van der Waals surface area contributed by atoms with Gasteiger partial charge in [0.15, 0.2) is 6.04 Å². The van der Waals surface area contributed by atoms with Crippen LogP contribution in [0, 0.1) is 11.8 Å². The number of ether oxygens (including phenoxy) is 6. The highest BCUT2D eigenvalue weighted by atomic mass is 16.6. The zero-order valence-electron chi connectivity index (χ0n) is 19.5. The molecule has 188 valence electrons. The molecule has 0 aromatic heterocycles. The van der Waals surface area contributed by atoms with Gasteiger partial charge in [-0.15, -0.1) is 0 Å². The van der Waals surface area contributed by atoms with Crippen molar-refractivity contribution in [3.63, 3.8) is 0 Å². The van der Waals surface area contributed by atoms with Crippen LogP contribution in [0.2, 0.25) is 0 Å². The van der Waals surface area contributed by atoms with E-state index in [0.29, 0.717) is 0 Å². The van der Waals surface area contributed by atoms with Crippen molar-refractivity contribution in [2.75, 3.05) is 28.4 Å². The Kier molecular flexibility index (Phi) is 6.85. The monoisotopic (exact) mass is 486 g/mol. The van der Waals surface area contributed by atoms with Gasteiger partial charge in [-0.25, -0.2) is 9.59 Å². The first kappa shape index (κ1) is 25.4. The molecule has 3 heterocycles. The molecule has 0 aromatic rings. The van der Waals surface area contributed by atoms with Crippen LogP contribution in [0.4, 0.5) is 0 Å². The third-order valence-corrected chi connectivity index (χ3v) is 6.27. The quantitative estimate of drug-likeness (QED) is 0.315. The van der Waals surface area contributed by atoms with Gasteiger partial charge in [0.25, 0.3) is 5.72 Å². The number of amides is 1. The summed E-state index contributed by atoms with van der Waals surface area (Å²) >= 11 is 0. The molecule has 1 amide bonds. The Morgan fingerprint density at radius 3 is 2.03 bits per heavy atom. The van der Waals surface area contributed by atoms with Crippen LogP contribution in [-0.4, -0.2) is 104 Å². The molecule has 0 N–H and O–H groups in total. The zero-order valence-corrected chi connectivity index (χ0v) is 19.5. The molecule has 7 atom stereocenters. The van der Waals surface area contributed by atoms with Crippen LogP contribution < -0.4 is 0 Å². The van der Waals surface area contributed by atoms with E-state index >= 15 is 0 Å². The molecular formula is C20H26N2O12. The summed E-state index contributed by atoms with van der Waals surface area (Å²) in [6.45, 7) is 2.62. The number of hydrogen-bond donors (Lipinski definition) is 0. The normalized spacial score (nSPS) is 34.5. The molecule has 3 rings (SSSR count). The van der Waals surface area contributed by atoms with Crippen molar-refractivity contribution in [3.05, 3.63) is 0 Å². The van der Waals surface area contributed by atoms with Crippen molar-refractivity contribution < 1.29 is 57.2 Å². The number of methoxy groups -OCH3 is 4. The number of rotatable bonds is 5. The Balaban J connectivity index is 2.36. The SMILES string of the molecule is COC(=O)C1C(C(=O)OC)N2C(=O)CC3C(OC(C)=O)C(C)OC(C(=O)OC)(C1C(=O)OC)N32. The minimum absolute atomic E-state index is 0.334. The molecule has 14 heteroatoms. The van der Waals surface area contributed by atoms with Crippen molar-refractivity contribution in [1.82, 2.24) is 10.0 Å². The predicted molar refractivity (Wildman–Crippen MR) is 105 cm³/mol. The van der Waals surface area contributed by atoms with Crippen LogP contribution in [0.5, 0.6) is 0 Å². The minimum Gasteiger partial charge on any atom is -0.469 e. The third-order valence-electron chi connectivity index (χ3n) is 6.27. The van der Waals surface area contributed by atoms with Gasteiger partial charge in [0.1, 0.15) is 17.9 Å². The number of carbonyl (C=O) groups is 6. The fraction of sp³-hybridized carbons (Fsp3) is 0.700. The summed E-state index contributed by atoms with van der Waals surface area (Å²) in [5.41, 5.74) is -2.43. The van der Waals surface area contributed by atoms with Gasteiger partial charge in [-0.05, 0) is 6.92 Å². The van der Waals surface area contributed by atoms with Crippen LogP contribution in [0.15, 0.2) is 0 Å². The average molecular weight is 486 g/mol. The van der Waals surface area contributed by atoms with Crippen LogP contribution in [0.3, 0.4) is 0 Å². The summed E-state index contributed by atoms with van der Waals surface area (Å²) in [4.78, 5) is 77.3. The van der Waals surface area contributed by atoms with E-state index in [-0.39, 0.29) is 6.42 Å². The molecule has 3 aliphatic heterocycles. The van der Waals surface area contributed by atoms with Crippen molar-refractivity contribution in [2.45, 2.75) is 50.3 Å². The van der Waals surface area contributed by atoms with E-state index in [1.54, 1.807) is 0 Å². The molecule has 3 saturated heterocycles. The highest BCUT2D eigenvalue weighted by Crippen LogP contribution is 2.52. The largest absolute Gasteiger partial charge is 0.469 e. The van der Waals surface area contributed by atoms with E-state index in [0.717, 1.165) is 45.4 Å². The molecule has 0 saturated carbocycles. The number of esters is 5. The van der Waals surface area contributed by atoms with Crippen LogP contribution in [0.25, 0.3) is 0 Å². The van der Waals surface area contributed by atoms with Gasteiger partial charge in [-0.2, -0.15) is 5.01 Å². The summed E-state index contributed by atoms with van der Waals surface area (Å²) in [7, 11) is 4.08. The third kappa shape index (κ3) is 3.48. The van der Waals surface area contributed by atoms with Crippen molar-refractivity contribution >= 4 is 35.8 Å². The van der Waals surface area contributed by atoms with Crippen LogP contribution in [0.1, 0.15) is 20.3 Å². The molecule has 14 nitrogen and oxygen atoms in total. The summed E-state index contributed by atoms with van der Waals surface area (Å²) in [5, 5.41) is 1.87. The zero-order chi connectivity index (χ0) is 25.5. The lowest BCUT2D eigenvalue weighted by molar-refractivity contribution is -0.346. The van der Waals surface area contributed by atoms with Gasteiger partial charge >= 0.3 is 29.8 Å². The summed E-state index contributed by atoms with van der Waals surface area (Å²) < 4.78 is 30.9. The second-order valence-corrected chi connectivity index (χ2v) is 7.96. The number of nitrogens with zero attached hydrogens (tertiary/aromatic N) is 2. The molecule has 34 heavy (non-hydrogen) atoms. The average Bonchev–Trinajstić information content (AvgIpc) is 3.16. The van der Waals surface area contributed by atoms with Gasteiger partial charge in [0.2, 0.25) is 5.91 Å². The van der Waals surface area contributed by atoms with Gasteiger partial charge in [0, 0.05) is 13.3 Å². The summed E-state index contributed by atoms with van der Waals surface area (Å²) in [5.74, 6) is -9.38. The van der Waals surface area contributed by atoms with E-state index in [4.69, 9.17) is 28.4 Å². The van der Waals surface area contributed by atoms with E-state index in [1.807, 2.05) is 0 Å². The molecule has 0 aromatic carbocycles. The second kappa shape index (κ2) is 9.18. The van der Waals surface area contributed by atoms with Gasteiger partial charge < -0.3 is 28.4 Å². The first-order valence-electron chi connectivity index (χ1n) is 10.3. The molecule has 0 aliphatic carbocycles. The standard InChI is InChI=1S/C20H26N2O12/c1-8-15(33-9(2)23)10-7-11(24)21-14(18(27)31-5)12(16(25)29-3)13(17(26)30-4)20(34-8,22(10)21)19(28)32-6/h8,10,12-15H,7H2,1-6H3. The Morgan fingerprint density at radius 1 is 0.941 bits per heavy atom. The van der Waals surface area contributed by atoms with Gasteiger partial charge in [-0.3, -0.25) is 24.2 Å². The van der Waals surface area contributed by atoms with Gasteiger partial charge in [-0.1, -0.05) is 0 Å². The number of hydrogen-bond acceptors (Lipinski definition) is 13. The van der Waals surface area contributed by atoms with Gasteiger partial charge in [0.05, 0.1) is 40.6 Å². The maximum Gasteiger partial charge on any atom is 0.356 e. The second-order valence-electron chi connectivity index (χ2n) is 7.96. The maximum atomic E-state index is 13.3. The van der Waals surface area contributed by atoms with E-state index in [9.17, 15) is 28.8 Å². The highest BCUT2D eigenvalue weighted by molar-refractivity contribution is 5.98. The lowest BCUT2D eigenvalue weighted by atomic mass is 9.74. The smallest absolute Gasteiger partial charge is 0.356 e. The fourth-order valence-electron chi connectivity index (χ4n) is 5.08. The Labute approximate surface area is 194 Å². The molecule has 7 unspecified atom stereocenters. The van der Waals surface area contributed by atoms with Crippen LogP contribution in [-0.2, 0) is 57.2 Å². The molecule has 3 fully saturated rings. The van der Waals surface area contributed by atoms with E-state index < -0.39 is 77.6 Å². The van der Waals surface area contributed by atoms with Crippen molar-refractivity contribution in [2.24, 2.45) is 11.8 Å². The number of hydrazine groups is 1. The highest BCUT2D eigenvalue weighted by Gasteiger charge is 2.77. The van der Waals surface area contributed by atoms with Crippen molar-refractivity contribution in [1.29, 1.82) is 0 Å². The Bertz CT molecular complexity index is 921.